The molecule has 104 valence electrons. The van der Waals surface area contributed by atoms with E-state index in [9.17, 15) is 4.79 Å². The third kappa shape index (κ3) is 1.94. The number of hydrogen-bond donors (Lipinski definition) is 2. The molecule has 1 aromatic carbocycles. The first-order valence-electron chi connectivity index (χ1n) is 6.31. The first-order valence-corrected chi connectivity index (χ1v) is 6.69. The zero-order valence-corrected chi connectivity index (χ0v) is 11.9. The standard InChI is InChI=1S/C14H14ClN3O2/c1-7(12-13(19)18-14(16-2)20-12)8-6-17-10-5-3-4-9(15)11(8)10/h3-7,12,17H,1-2H3,(H,16,18,19). The van der Waals surface area contributed by atoms with E-state index in [1.54, 1.807) is 7.05 Å². The Kier molecular flexibility index (Phi) is 3.14. The van der Waals surface area contributed by atoms with Crippen molar-refractivity contribution in [3.8, 4) is 0 Å². The maximum absolute atomic E-state index is 11.9. The van der Waals surface area contributed by atoms with Crippen molar-refractivity contribution < 1.29 is 9.53 Å². The van der Waals surface area contributed by atoms with E-state index in [1.807, 2.05) is 31.3 Å². The Balaban J connectivity index is 2.01. The summed E-state index contributed by atoms with van der Waals surface area (Å²) in [6.07, 6.45) is 1.28. The van der Waals surface area contributed by atoms with Gasteiger partial charge in [-0.2, -0.15) is 0 Å². The fourth-order valence-electron chi connectivity index (χ4n) is 2.51. The van der Waals surface area contributed by atoms with Crippen molar-refractivity contribution in [2.45, 2.75) is 18.9 Å². The van der Waals surface area contributed by atoms with Gasteiger partial charge in [-0.3, -0.25) is 10.1 Å². The molecule has 5 nitrogen and oxygen atoms in total. The number of amides is 1. The lowest BCUT2D eigenvalue weighted by atomic mass is 9.94. The quantitative estimate of drug-likeness (QED) is 0.892. The van der Waals surface area contributed by atoms with Crippen molar-refractivity contribution in [1.82, 2.24) is 10.3 Å². The van der Waals surface area contributed by atoms with Crippen LogP contribution in [0.15, 0.2) is 29.4 Å². The lowest BCUT2D eigenvalue weighted by Crippen LogP contribution is -2.28. The van der Waals surface area contributed by atoms with E-state index in [4.69, 9.17) is 16.3 Å². The van der Waals surface area contributed by atoms with E-state index in [2.05, 4.69) is 15.3 Å². The van der Waals surface area contributed by atoms with E-state index in [0.717, 1.165) is 16.5 Å². The highest BCUT2D eigenvalue weighted by atomic mass is 35.5. The topological polar surface area (TPSA) is 66.5 Å². The molecule has 20 heavy (non-hydrogen) atoms. The molecule has 2 aromatic rings. The number of rotatable bonds is 2. The number of amidine groups is 1. The summed E-state index contributed by atoms with van der Waals surface area (Å²) >= 11 is 6.26. The average Bonchev–Trinajstić information content (AvgIpc) is 3.02. The smallest absolute Gasteiger partial charge is 0.292 e. The van der Waals surface area contributed by atoms with Gasteiger partial charge in [0.05, 0.1) is 5.02 Å². The monoisotopic (exact) mass is 291 g/mol. The zero-order valence-electron chi connectivity index (χ0n) is 11.1. The molecule has 0 radical (unpaired) electrons. The van der Waals surface area contributed by atoms with Gasteiger partial charge >= 0.3 is 0 Å². The number of aromatic nitrogens is 1. The lowest BCUT2D eigenvalue weighted by molar-refractivity contribution is -0.124. The zero-order chi connectivity index (χ0) is 14.3. The Morgan fingerprint density at radius 3 is 2.95 bits per heavy atom. The number of ether oxygens (including phenoxy) is 1. The minimum atomic E-state index is -0.594. The molecule has 2 atom stereocenters. The molecular formula is C14H14ClN3O2. The molecule has 0 aliphatic carbocycles. The van der Waals surface area contributed by atoms with Gasteiger partial charge in [0.15, 0.2) is 6.10 Å². The maximum Gasteiger partial charge on any atom is 0.292 e. The van der Waals surface area contributed by atoms with Crippen LogP contribution in [0.1, 0.15) is 18.4 Å². The number of halogens is 1. The minimum Gasteiger partial charge on any atom is -0.451 e. The van der Waals surface area contributed by atoms with E-state index in [-0.39, 0.29) is 17.8 Å². The van der Waals surface area contributed by atoms with Crippen LogP contribution in [-0.4, -0.2) is 30.1 Å². The highest BCUT2D eigenvalue weighted by Gasteiger charge is 2.37. The number of fused-ring (bicyclic) bond motifs is 1. The summed E-state index contributed by atoms with van der Waals surface area (Å²) in [4.78, 5) is 19.0. The Labute approximate surface area is 121 Å². The lowest BCUT2D eigenvalue weighted by Gasteiger charge is -2.15. The van der Waals surface area contributed by atoms with Crippen LogP contribution in [0.4, 0.5) is 0 Å². The third-order valence-corrected chi connectivity index (χ3v) is 3.88. The van der Waals surface area contributed by atoms with Crippen molar-refractivity contribution in [3.63, 3.8) is 0 Å². The molecule has 2 unspecified atom stereocenters. The van der Waals surface area contributed by atoms with Gasteiger partial charge < -0.3 is 9.72 Å². The summed E-state index contributed by atoms with van der Waals surface area (Å²) in [5, 5.41) is 4.20. The van der Waals surface area contributed by atoms with Crippen LogP contribution in [0, 0.1) is 0 Å². The Morgan fingerprint density at radius 2 is 2.25 bits per heavy atom. The predicted molar refractivity (Wildman–Crippen MR) is 78.1 cm³/mol. The SMILES string of the molecule is CN=C1NC(=O)C(C(C)c2c[nH]c3cccc(Cl)c23)O1. The molecule has 1 amide bonds. The molecule has 1 aromatic heterocycles. The number of H-pyrrole nitrogens is 1. The van der Waals surface area contributed by atoms with Crippen LogP contribution in [0.2, 0.25) is 5.02 Å². The van der Waals surface area contributed by atoms with Crippen LogP contribution >= 0.6 is 11.6 Å². The van der Waals surface area contributed by atoms with E-state index < -0.39 is 6.10 Å². The normalized spacial score (nSPS) is 22.1. The largest absolute Gasteiger partial charge is 0.451 e. The Morgan fingerprint density at radius 1 is 1.45 bits per heavy atom. The molecule has 0 saturated carbocycles. The number of nitrogens with one attached hydrogen (secondary N) is 2. The first-order chi connectivity index (χ1) is 9.61. The van der Waals surface area contributed by atoms with Gasteiger partial charge in [-0.25, -0.2) is 4.99 Å². The Hall–Kier alpha value is -2.01. The first kappa shape index (κ1) is 13.0. The van der Waals surface area contributed by atoms with E-state index in [0.29, 0.717) is 5.02 Å². The van der Waals surface area contributed by atoms with Crippen molar-refractivity contribution in [2.75, 3.05) is 7.05 Å². The van der Waals surface area contributed by atoms with Crippen molar-refractivity contribution in [3.05, 3.63) is 35.0 Å². The van der Waals surface area contributed by atoms with E-state index in [1.165, 1.54) is 0 Å². The van der Waals surface area contributed by atoms with Crippen molar-refractivity contribution >= 4 is 34.4 Å². The number of carbonyl (C=O) groups is 1. The fraction of sp³-hybridized carbons (Fsp3) is 0.286. The van der Waals surface area contributed by atoms with Crippen LogP contribution in [0.25, 0.3) is 10.9 Å². The summed E-state index contributed by atoms with van der Waals surface area (Å²) in [5.74, 6) is -0.317. The summed E-state index contributed by atoms with van der Waals surface area (Å²) in [5.41, 5.74) is 1.91. The van der Waals surface area contributed by atoms with Crippen molar-refractivity contribution in [1.29, 1.82) is 0 Å². The number of nitrogens with zero attached hydrogens (tertiary/aromatic N) is 1. The van der Waals surface area contributed by atoms with Crippen molar-refractivity contribution in [2.24, 2.45) is 4.99 Å². The van der Waals surface area contributed by atoms with Gasteiger partial charge in [-0.05, 0) is 17.7 Å². The average molecular weight is 292 g/mol. The molecule has 1 saturated heterocycles. The summed E-state index contributed by atoms with van der Waals surface area (Å²) < 4.78 is 5.53. The highest BCUT2D eigenvalue weighted by molar-refractivity contribution is 6.35. The number of aliphatic imine (C=N–C) groups is 1. The van der Waals surface area contributed by atoms with Crippen LogP contribution < -0.4 is 5.32 Å². The molecule has 2 N–H and O–H groups in total. The summed E-state index contributed by atoms with van der Waals surface area (Å²) in [6, 6.07) is 5.93. The second-order valence-electron chi connectivity index (χ2n) is 4.75. The summed E-state index contributed by atoms with van der Waals surface area (Å²) in [7, 11) is 1.57. The third-order valence-electron chi connectivity index (χ3n) is 3.56. The number of carbonyl (C=O) groups excluding carboxylic acids is 1. The fourth-order valence-corrected chi connectivity index (χ4v) is 2.79. The highest BCUT2D eigenvalue weighted by Crippen LogP contribution is 2.34. The molecule has 3 rings (SSSR count). The van der Waals surface area contributed by atoms with Gasteiger partial charge in [-0.15, -0.1) is 0 Å². The van der Waals surface area contributed by atoms with Gasteiger partial charge in [-0.1, -0.05) is 24.6 Å². The number of hydrogen-bond acceptors (Lipinski definition) is 3. The molecule has 1 aliphatic rings. The molecule has 1 aliphatic heterocycles. The van der Waals surface area contributed by atoms with Crippen LogP contribution in [0.3, 0.4) is 0 Å². The van der Waals surface area contributed by atoms with Crippen LogP contribution in [-0.2, 0) is 9.53 Å². The molecule has 2 heterocycles. The van der Waals surface area contributed by atoms with Crippen LogP contribution in [0.5, 0.6) is 0 Å². The van der Waals surface area contributed by atoms with Gasteiger partial charge in [0, 0.05) is 30.1 Å². The minimum absolute atomic E-state index is 0.136. The molecule has 0 spiro atoms. The van der Waals surface area contributed by atoms with Gasteiger partial charge in [0.1, 0.15) is 0 Å². The molecular weight excluding hydrogens is 278 g/mol. The number of benzene rings is 1. The summed E-state index contributed by atoms with van der Waals surface area (Å²) in [6.45, 7) is 1.94. The number of aromatic amines is 1. The second-order valence-corrected chi connectivity index (χ2v) is 5.16. The maximum atomic E-state index is 11.9. The molecule has 0 bridgehead atoms. The Bertz CT molecular complexity index is 708. The van der Waals surface area contributed by atoms with Gasteiger partial charge in [0.25, 0.3) is 11.9 Å². The predicted octanol–water partition coefficient (Wildman–Crippen LogP) is 2.43. The molecule has 6 heteroatoms. The second kappa shape index (κ2) is 4.83. The van der Waals surface area contributed by atoms with Gasteiger partial charge in [0.2, 0.25) is 0 Å². The molecule has 1 fully saturated rings. The van der Waals surface area contributed by atoms with E-state index >= 15 is 0 Å².